The Kier molecular flexibility index (Phi) is 6.16. The van der Waals surface area contributed by atoms with Crippen molar-refractivity contribution in [1.29, 1.82) is 0 Å². The van der Waals surface area contributed by atoms with Gasteiger partial charge in [0.15, 0.2) is 0 Å². The molecule has 0 aliphatic carbocycles. The highest BCUT2D eigenvalue weighted by molar-refractivity contribution is 9.11. The third kappa shape index (κ3) is 5.66. The average molecular weight is 364 g/mol. The van der Waals surface area contributed by atoms with Crippen LogP contribution in [0.2, 0.25) is 0 Å². The van der Waals surface area contributed by atoms with Gasteiger partial charge in [0.05, 0.1) is 5.69 Å². The Balaban J connectivity index is 2.45. The summed E-state index contributed by atoms with van der Waals surface area (Å²) in [7, 11) is 0. The largest absolute Gasteiger partial charge is 0.328 e. The number of hydrogen-bond acceptors (Lipinski definition) is 2. The van der Waals surface area contributed by atoms with E-state index in [-0.39, 0.29) is 11.9 Å². The Morgan fingerprint density at radius 1 is 1.47 bits per heavy atom. The molecule has 0 radical (unpaired) electrons. The van der Waals surface area contributed by atoms with Crippen molar-refractivity contribution in [2.24, 2.45) is 5.73 Å². The van der Waals surface area contributed by atoms with E-state index in [1.54, 1.807) is 0 Å². The first-order valence-electron chi connectivity index (χ1n) is 5.49. The number of hydrogen-bond donors (Lipinski definition) is 2. The standard InChI is InChI=1S/C12H16Br2N2O/c1-8(15)3-2-4-12(17)16-11-6-5-9(13)7-10(11)14/h5-8H,2-4,15H2,1H3,(H,16,17). The van der Waals surface area contributed by atoms with E-state index in [2.05, 4.69) is 37.2 Å². The molecule has 0 spiro atoms. The van der Waals surface area contributed by atoms with Gasteiger partial charge < -0.3 is 11.1 Å². The van der Waals surface area contributed by atoms with Gasteiger partial charge in [-0.05, 0) is 53.9 Å². The minimum absolute atomic E-state index is 0.0219. The number of nitrogens with two attached hydrogens (primary N) is 1. The second-order valence-electron chi connectivity index (χ2n) is 4.04. The SMILES string of the molecule is CC(N)CCCC(=O)Nc1ccc(Br)cc1Br. The maximum atomic E-state index is 11.6. The predicted molar refractivity (Wildman–Crippen MR) is 78.0 cm³/mol. The van der Waals surface area contributed by atoms with Gasteiger partial charge >= 0.3 is 0 Å². The van der Waals surface area contributed by atoms with E-state index in [1.165, 1.54) is 0 Å². The Bertz CT molecular complexity index is 394. The summed E-state index contributed by atoms with van der Waals surface area (Å²) in [5.74, 6) is 0.0219. The molecule has 0 fully saturated rings. The number of carbonyl (C=O) groups is 1. The molecule has 1 rings (SSSR count). The molecule has 1 unspecified atom stereocenters. The predicted octanol–water partition coefficient (Wildman–Crippen LogP) is 3.67. The van der Waals surface area contributed by atoms with Gasteiger partial charge in [0.1, 0.15) is 0 Å². The second kappa shape index (κ2) is 7.13. The summed E-state index contributed by atoms with van der Waals surface area (Å²) < 4.78 is 1.84. The quantitative estimate of drug-likeness (QED) is 0.838. The molecule has 1 aromatic rings. The molecule has 3 nitrogen and oxygen atoms in total. The van der Waals surface area contributed by atoms with Crippen LogP contribution in [-0.4, -0.2) is 11.9 Å². The van der Waals surface area contributed by atoms with Crippen LogP contribution in [0.3, 0.4) is 0 Å². The van der Waals surface area contributed by atoms with Gasteiger partial charge in [0.25, 0.3) is 0 Å². The molecular formula is C12H16Br2N2O. The fourth-order valence-electron chi connectivity index (χ4n) is 1.39. The Labute approximate surface area is 118 Å². The van der Waals surface area contributed by atoms with Crippen molar-refractivity contribution in [1.82, 2.24) is 0 Å². The summed E-state index contributed by atoms with van der Waals surface area (Å²) in [6.07, 6.45) is 2.19. The average Bonchev–Trinajstić information content (AvgIpc) is 2.21. The van der Waals surface area contributed by atoms with Crippen LogP contribution in [0.1, 0.15) is 26.2 Å². The number of anilines is 1. The van der Waals surface area contributed by atoms with Crippen molar-refractivity contribution in [3.8, 4) is 0 Å². The zero-order valence-corrected chi connectivity index (χ0v) is 12.8. The molecular weight excluding hydrogens is 348 g/mol. The van der Waals surface area contributed by atoms with Gasteiger partial charge in [-0.2, -0.15) is 0 Å². The smallest absolute Gasteiger partial charge is 0.224 e. The molecule has 0 bridgehead atoms. The second-order valence-corrected chi connectivity index (χ2v) is 5.81. The van der Waals surface area contributed by atoms with E-state index in [0.29, 0.717) is 6.42 Å². The van der Waals surface area contributed by atoms with E-state index in [9.17, 15) is 4.79 Å². The first-order valence-corrected chi connectivity index (χ1v) is 7.08. The summed E-state index contributed by atoms with van der Waals surface area (Å²) in [4.78, 5) is 11.6. The molecule has 17 heavy (non-hydrogen) atoms. The number of benzene rings is 1. The maximum absolute atomic E-state index is 11.6. The minimum atomic E-state index is 0.0219. The van der Waals surface area contributed by atoms with Gasteiger partial charge in [-0.1, -0.05) is 15.9 Å². The molecule has 0 aromatic heterocycles. The fraction of sp³-hybridized carbons (Fsp3) is 0.417. The van der Waals surface area contributed by atoms with Crippen LogP contribution in [0.25, 0.3) is 0 Å². The topological polar surface area (TPSA) is 55.1 Å². The van der Waals surface area contributed by atoms with E-state index in [1.807, 2.05) is 25.1 Å². The monoisotopic (exact) mass is 362 g/mol. The van der Waals surface area contributed by atoms with Gasteiger partial charge in [0, 0.05) is 21.4 Å². The third-order valence-electron chi connectivity index (χ3n) is 2.27. The summed E-state index contributed by atoms with van der Waals surface area (Å²) in [6.45, 7) is 1.95. The van der Waals surface area contributed by atoms with Crippen LogP contribution in [0.4, 0.5) is 5.69 Å². The number of rotatable bonds is 5. The molecule has 1 amide bonds. The lowest BCUT2D eigenvalue weighted by Gasteiger charge is -2.08. The van der Waals surface area contributed by atoms with Crippen molar-refractivity contribution in [3.05, 3.63) is 27.1 Å². The van der Waals surface area contributed by atoms with Crippen molar-refractivity contribution in [2.75, 3.05) is 5.32 Å². The number of carbonyl (C=O) groups excluding carboxylic acids is 1. The van der Waals surface area contributed by atoms with Gasteiger partial charge in [-0.25, -0.2) is 0 Å². The highest BCUT2D eigenvalue weighted by Crippen LogP contribution is 2.26. The zero-order chi connectivity index (χ0) is 12.8. The molecule has 0 saturated carbocycles. The highest BCUT2D eigenvalue weighted by Gasteiger charge is 2.06. The third-order valence-corrected chi connectivity index (χ3v) is 3.42. The van der Waals surface area contributed by atoms with Crippen LogP contribution >= 0.6 is 31.9 Å². The molecule has 1 atom stereocenters. The van der Waals surface area contributed by atoms with Gasteiger partial charge in [-0.15, -0.1) is 0 Å². The molecule has 94 valence electrons. The molecule has 0 saturated heterocycles. The Hall–Kier alpha value is -0.390. The molecule has 1 aromatic carbocycles. The van der Waals surface area contributed by atoms with Crippen molar-refractivity contribution in [3.63, 3.8) is 0 Å². The van der Waals surface area contributed by atoms with Crippen LogP contribution in [0, 0.1) is 0 Å². The lowest BCUT2D eigenvalue weighted by atomic mass is 10.1. The van der Waals surface area contributed by atoms with Crippen molar-refractivity contribution >= 4 is 43.5 Å². The fourth-order valence-corrected chi connectivity index (χ4v) is 2.53. The van der Waals surface area contributed by atoms with Crippen molar-refractivity contribution < 1.29 is 4.79 Å². The van der Waals surface area contributed by atoms with E-state index in [0.717, 1.165) is 27.5 Å². The summed E-state index contributed by atoms with van der Waals surface area (Å²) in [5.41, 5.74) is 6.42. The highest BCUT2D eigenvalue weighted by atomic mass is 79.9. The van der Waals surface area contributed by atoms with Crippen LogP contribution in [-0.2, 0) is 4.79 Å². The first-order chi connectivity index (χ1) is 7.99. The summed E-state index contributed by atoms with van der Waals surface area (Å²) in [6, 6.07) is 5.81. The first kappa shape index (κ1) is 14.7. The van der Waals surface area contributed by atoms with Crippen molar-refractivity contribution in [2.45, 2.75) is 32.2 Å². The summed E-state index contributed by atoms with van der Waals surface area (Å²) >= 11 is 6.77. The zero-order valence-electron chi connectivity index (χ0n) is 9.67. The van der Waals surface area contributed by atoms with E-state index in [4.69, 9.17) is 5.73 Å². The Morgan fingerprint density at radius 2 is 2.18 bits per heavy atom. The molecule has 5 heteroatoms. The van der Waals surface area contributed by atoms with Gasteiger partial charge in [-0.3, -0.25) is 4.79 Å². The number of amides is 1. The van der Waals surface area contributed by atoms with Crippen LogP contribution < -0.4 is 11.1 Å². The van der Waals surface area contributed by atoms with E-state index >= 15 is 0 Å². The summed E-state index contributed by atoms with van der Waals surface area (Å²) in [5, 5.41) is 2.86. The van der Waals surface area contributed by atoms with Crippen LogP contribution in [0.5, 0.6) is 0 Å². The lowest BCUT2D eigenvalue weighted by molar-refractivity contribution is -0.116. The lowest BCUT2D eigenvalue weighted by Crippen LogP contribution is -2.17. The molecule has 0 aliphatic heterocycles. The van der Waals surface area contributed by atoms with Crippen LogP contribution in [0.15, 0.2) is 27.1 Å². The number of nitrogens with one attached hydrogen (secondary N) is 1. The molecule has 0 aliphatic rings. The molecule has 0 heterocycles. The normalized spacial score (nSPS) is 12.2. The number of halogens is 2. The van der Waals surface area contributed by atoms with E-state index < -0.39 is 0 Å². The molecule has 3 N–H and O–H groups in total. The maximum Gasteiger partial charge on any atom is 0.224 e. The Morgan fingerprint density at radius 3 is 2.76 bits per heavy atom. The minimum Gasteiger partial charge on any atom is -0.328 e. The van der Waals surface area contributed by atoms with Gasteiger partial charge in [0.2, 0.25) is 5.91 Å².